The average molecular weight is 322 g/mol. The summed E-state index contributed by atoms with van der Waals surface area (Å²) in [4.78, 5) is 0. The van der Waals surface area contributed by atoms with E-state index in [0.717, 1.165) is 31.6 Å². The summed E-state index contributed by atoms with van der Waals surface area (Å²) in [5.41, 5.74) is 5.27. The van der Waals surface area contributed by atoms with Gasteiger partial charge in [0.1, 0.15) is 5.82 Å². The van der Waals surface area contributed by atoms with Gasteiger partial charge >= 0.3 is 0 Å². The van der Waals surface area contributed by atoms with E-state index in [1.807, 2.05) is 12.1 Å². The SMILES string of the molecule is CC1CCC2=C(c3ccc(F)cc3)CN(Cc3ccccc3)N2C1. The maximum Gasteiger partial charge on any atom is 0.123 e. The fourth-order valence-corrected chi connectivity index (χ4v) is 3.81. The molecule has 0 aliphatic carbocycles. The highest BCUT2D eigenvalue weighted by Crippen LogP contribution is 2.38. The molecule has 0 saturated carbocycles. The Balaban J connectivity index is 1.64. The van der Waals surface area contributed by atoms with Crippen molar-refractivity contribution in [2.75, 3.05) is 13.1 Å². The lowest BCUT2D eigenvalue weighted by Gasteiger charge is -2.38. The van der Waals surface area contributed by atoms with Gasteiger partial charge in [0, 0.05) is 25.3 Å². The van der Waals surface area contributed by atoms with E-state index >= 15 is 0 Å². The van der Waals surface area contributed by atoms with Crippen molar-refractivity contribution >= 4 is 5.57 Å². The standard InChI is InChI=1S/C21H23FN2/c1-16-7-12-21-20(18-8-10-19(22)11-9-18)15-23(24(21)13-16)14-17-5-3-2-4-6-17/h2-6,8-11,16H,7,12-15H2,1H3. The number of fused-ring (bicyclic) bond motifs is 1. The molecule has 4 rings (SSSR count). The monoisotopic (exact) mass is 322 g/mol. The van der Waals surface area contributed by atoms with Gasteiger partial charge in [-0.05, 0) is 47.6 Å². The van der Waals surface area contributed by atoms with Gasteiger partial charge in [-0.3, -0.25) is 0 Å². The molecule has 2 aliphatic rings. The third-order valence-corrected chi connectivity index (χ3v) is 5.10. The summed E-state index contributed by atoms with van der Waals surface area (Å²) in [6, 6.07) is 17.6. The van der Waals surface area contributed by atoms with Gasteiger partial charge in [0.25, 0.3) is 0 Å². The predicted octanol–water partition coefficient (Wildman–Crippen LogP) is 4.70. The molecule has 124 valence electrons. The highest BCUT2D eigenvalue weighted by atomic mass is 19.1. The number of hydrogen-bond acceptors (Lipinski definition) is 2. The Bertz CT molecular complexity index is 736. The molecule has 2 aliphatic heterocycles. The summed E-state index contributed by atoms with van der Waals surface area (Å²) in [5.74, 6) is 0.539. The van der Waals surface area contributed by atoms with Gasteiger partial charge in [-0.1, -0.05) is 49.4 Å². The zero-order chi connectivity index (χ0) is 16.5. The normalized spacial score (nSPS) is 21.2. The van der Waals surface area contributed by atoms with Crippen LogP contribution in [-0.4, -0.2) is 23.1 Å². The number of hydrazine groups is 1. The van der Waals surface area contributed by atoms with Crippen molar-refractivity contribution in [2.24, 2.45) is 5.92 Å². The average Bonchev–Trinajstić information content (AvgIpc) is 2.94. The summed E-state index contributed by atoms with van der Waals surface area (Å²) in [6.45, 7) is 5.23. The van der Waals surface area contributed by atoms with Crippen LogP contribution >= 0.6 is 0 Å². The van der Waals surface area contributed by atoms with Crippen LogP contribution < -0.4 is 0 Å². The molecule has 1 unspecified atom stereocenters. The molecular weight excluding hydrogens is 299 g/mol. The first-order chi connectivity index (χ1) is 11.7. The Kier molecular flexibility index (Phi) is 4.11. The van der Waals surface area contributed by atoms with E-state index in [-0.39, 0.29) is 5.82 Å². The van der Waals surface area contributed by atoms with Crippen molar-refractivity contribution in [3.05, 3.63) is 77.2 Å². The summed E-state index contributed by atoms with van der Waals surface area (Å²) in [6.07, 6.45) is 2.34. The maximum atomic E-state index is 13.3. The second kappa shape index (κ2) is 6.40. The van der Waals surface area contributed by atoms with Gasteiger partial charge in [-0.2, -0.15) is 0 Å². The third kappa shape index (κ3) is 2.96. The van der Waals surface area contributed by atoms with Crippen LogP contribution in [-0.2, 0) is 6.54 Å². The fourth-order valence-electron chi connectivity index (χ4n) is 3.81. The van der Waals surface area contributed by atoms with Gasteiger partial charge in [0.15, 0.2) is 0 Å². The van der Waals surface area contributed by atoms with E-state index in [9.17, 15) is 4.39 Å². The molecule has 2 nitrogen and oxygen atoms in total. The van der Waals surface area contributed by atoms with Gasteiger partial charge in [0.05, 0.1) is 0 Å². The first-order valence-electron chi connectivity index (χ1n) is 8.75. The highest BCUT2D eigenvalue weighted by molar-refractivity contribution is 5.71. The van der Waals surface area contributed by atoms with Crippen LogP contribution in [0.25, 0.3) is 5.57 Å². The number of allylic oxidation sites excluding steroid dienone is 1. The molecule has 0 amide bonds. The molecule has 2 heterocycles. The van der Waals surface area contributed by atoms with E-state index in [1.165, 1.54) is 23.3 Å². The summed E-state index contributed by atoms with van der Waals surface area (Å²) >= 11 is 0. The molecule has 0 spiro atoms. The van der Waals surface area contributed by atoms with Crippen LogP contribution in [0.5, 0.6) is 0 Å². The van der Waals surface area contributed by atoms with Crippen molar-refractivity contribution in [3.63, 3.8) is 0 Å². The summed E-state index contributed by atoms with van der Waals surface area (Å²) in [5, 5.41) is 4.92. The third-order valence-electron chi connectivity index (χ3n) is 5.10. The van der Waals surface area contributed by atoms with E-state index in [1.54, 1.807) is 12.1 Å². The molecule has 1 atom stereocenters. The summed E-state index contributed by atoms with van der Waals surface area (Å²) in [7, 11) is 0. The first kappa shape index (κ1) is 15.4. The van der Waals surface area contributed by atoms with E-state index in [0.29, 0.717) is 5.92 Å². The van der Waals surface area contributed by atoms with Crippen molar-refractivity contribution in [1.82, 2.24) is 10.0 Å². The zero-order valence-corrected chi connectivity index (χ0v) is 14.1. The predicted molar refractivity (Wildman–Crippen MR) is 95.3 cm³/mol. The molecule has 3 heteroatoms. The van der Waals surface area contributed by atoms with E-state index in [4.69, 9.17) is 0 Å². The Labute approximate surface area is 143 Å². The molecule has 1 fully saturated rings. The Morgan fingerprint density at radius 3 is 2.54 bits per heavy atom. The molecule has 0 bridgehead atoms. The maximum absolute atomic E-state index is 13.3. The number of piperidine rings is 1. The van der Waals surface area contributed by atoms with Crippen LogP contribution in [0.3, 0.4) is 0 Å². The quantitative estimate of drug-likeness (QED) is 0.808. The minimum absolute atomic E-state index is 0.169. The number of hydrogen-bond donors (Lipinski definition) is 0. The Morgan fingerprint density at radius 1 is 1.04 bits per heavy atom. The second-order valence-electron chi connectivity index (χ2n) is 6.97. The Hall–Kier alpha value is -2.13. The summed E-state index contributed by atoms with van der Waals surface area (Å²) < 4.78 is 13.3. The lowest BCUT2D eigenvalue weighted by Crippen LogP contribution is -2.41. The number of halogens is 1. The lowest BCUT2D eigenvalue weighted by atomic mass is 9.95. The van der Waals surface area contributed by atoms with Crippen LogP contribution in [0.2, 0.25) is 0 Å². The molecule has 2 aromatic rings. The van der Waals surface area contributed by atoms with Gasteiger partial charge in [-0.25, -0.2) is 9.40 Å². The van der Waals surface area contributed by atoms with E-state index in [2.05, 4.69) is 47.3 Å². The van der Waals surface area contributed by atoms with Gasteiger partial charge in [-0.15, -0.1) is 0 Å². The minimum atomic E-state index is -0.169. The fraction of sp³-hybridized carbons (Fsp3) is 0.333. The molecule has 0 N–H and O–H groups in total. The molecule has 1 saturated heterocycles. The van der Waals surface area contributed by atoms with Crippen LogP contribution in [0.4, 0.5) is 4.39 Å². The number of rotatable bonds is 3. The number of benzene rings is 2. The van der Waals surface area contributed by atoms with Gasteiger partial charge < -0.3 is 5.01 Å². The van der Waals surface area contributed by atoms with Crippen LogP contribution in [0, 0.1) is 11.7 Å². The zero-order valence-electron chi connectivity index (χ0n) is 14.1. The first-order valence-corrected chi connectivity index (χ1v) is 8.75. The van der Waals surface area contributed by atoms with Gasteiger partial charge in [0.2, 0.25) is 0 Å². The Morgan fingerprint density at radius 2 is 1.79 bits per heavy atom. The topological polar surface area (TPSA) is 6.48 Å². The minimum Gasteiger partial charge on any atom is -0.309 e. The van der Waals surface area contributed by atoms with Crippen molar-refractivity contribution < 1.29 is 4.39 Å². The van der Waals surface area contributed by atoms with Crippen LogP contribution in [0.1, 0.15) is 30.9 Å². The molecule has 0 aromatic heterocycles. The van der Waals surface area contributed by atoms with Crippen molar-refractivity contribution in [1.29, 1.82) is 0 Å². The van der Waals surface area contributed by atoms with Crippen molar-refractivity contribution in [2.45, 2.75) is 26.3 Å². The van der Waals surface area contributed by atoms with Crippen LogP contribution in [0.15, 0.2) is 60.3 Å². The second-order valence-corrected chi connectivity index (χ2v) is 6.97. The molecule has 2 aromatic carbocycles. The molecule has 0 radical (unpaired) electrons. The molecule has 24 heavy (non-hydrogen) atoms. The molecular formula is C21H23FN2. The van der Waals surface area contributed by atoms with E-state index < -0.39 is 0 Å². The highest BCUT2D eigenvalue weighted by Gasteiger charge is 2.34. The van der Waals surface area contributed by atoms with Crippen molar-refractivity contribution in [3.8, 4) is 0 Å². The smallest absolute Gasteiger partial charge is 0.123 e. The largest absolute Gasteiger partial charge is 0.309 e. The lowest BCUT2D eigenvalue weighted by molar-refractivity contribution is 0.00216. The number of nitrogens with zero attached hydrogens (tertiary/aromatic N) is 2.